The summed E-state index contributed by atoms with van der Waals surface area (Å²) in [5.41, 5.74) is 2.44. The third-order valence-electron chi connectivity index (χ3n) is 3.78. The molecule has 3 N–H and O–H groups in total. The number of aromatic nitrogens is 1. The molecule has 2 aromatic rings. The lowest BCUT2D eigenvalue weighted by Crippen LogP contribution is -2.33. The topological polar surface area (TPSA) is 71.9 Å². The lowest BCUT2D eigenvalue weighted by atomic mass is 10.2. The number of fused-ring (bicyclic) bond motifs is 1. The van der Waals surface area contributed by atoms with Crippen molar-refractivity contribution in [2.24, 2.45) is 0 Å². The Labute approximate surface area is 138 Å². The van der Waals surface area contributed by atoms with Crippen LogP contribution in [0.5, 0.6) is 0 Å². The molecule has 1 aliphatic rings. The van der Waals surface area contributed by atoms with E-state index in [1.807, 2.05) is 50.4 Å². The first kappa shape index (κ1) is 16.1. The zero-order valence-electron chi connectivity index (χ0n) is 13.3. The van der Waals surface area contributed by atoms with Gasteiger partial charge in [0.05, 0.1) is 11.4 Å². The van der Waals surface area contributed by atoms with Crippen molar-refractivity contribution in [1.82, 2.24) is 10.3 Å². The summed E-state index contributed by atoms with van der Waals surface area (Å²) in [5, 5.41) is 3.09. The van der Waals surface area contributed by atoms with Crippen LogP contribution in [0.3, 0.4) is 0 Å². The fourth-order valence-corrected chi connectivity index (χ4v) is 4.50. The van der Waals surface area contributed by atoms with E-state index in [2.05, 4.69) is 10.3 Å². The van der Waals surface area contributed by atoms with Gasteiger partial charge in [-0.2, -0.15) is 0 Å². The van der Waals surface area contributed by atoms with Crippen LogP contribution >= 0.6 is 11.0 Å². The summed E-state index contributed by atoms with van der Waals surface area (Å²) in [5.74, 6) is 0.550. The molecular formula is C16H22N4O2S. The van der Waals surface area contributed by atoms with E-state index in [9.17, 15) is 9.11 Å². The van der Waals surface area contributed by atoms with Crippen molar-refractivity contribution < 1.29 is 9.11 Å². The second-order valence-electron chi connectivity index (χ2n) is 5.47. The van der Waals surface area contributed by atoms with Gasteiger partial charge in [-0.25, -0.2) is 9.29 Å². The van der Waals surface area contributed by atoms with Crippen molar-refractivity contribution in [3.63, 3.8) is 0 Å². The quantitative estimate of drug-likeness (QED) is 0.727. The highest BCUT2D eigenvalue weighted by Crippen LogP contribution is 2.63. The molecule has 0 spiro atoms. The number of aryl methyl sites for hydroxylation is 1. The second kappa shape index (κ2) is 6.37. The summed E-state index contributed by atoms with van der Waals surface area (Å²) in [7, 11) is -1.27. The molecule has 0 saturated carbocycles. The lowest BCUT2D eigenvalue weighted by Gasteiger charge is -2.43. The number of pyridine rings is 1. The van der Waals surface area contributed by atoms with Gasteiger partial charge in [0.2, 0.25) is 0 Å². The van der Waals surface area contributed by atoms with Crippen LogP contribution in [0, 0.1) is 6.92 Å². The van der Waals surface area contributed by atoms with Crippen molar-refractivity contribution in [3.05, 3.63) is 48.2 Å². The van der Waals surface area contributed by atoms with E-state index in [1.54, 1.807) is 14.7 Å². The molecule has 0 bridgehead atoms. The molecule has 0 unspecified atom stereocenters. The zero-order chi connectivity index (χ0) is 16.4. The van der Waals surface area contributed by atoms with Crippen LogP contribution in [-0.2, 0) is 0 Å². The predicted octanol–water partition coefficient (Wildman–Crippen LogP) is 3.54. The monoisotopic (exact) mass is 334 g/mol. The molecule has 0 radical (unpaired) electrons. The van der Waals surface area contributed by atoms with E-state index in [0.717, 1.165) is 30.0 Å². The summed E-state index contributed by atoms with van der Waals surface area (Å²) >= 11 is 0. The largest absolute Gasteiger partial charge is 0.320 e. The number of para-hydroxylation sites is 2. The normalized spacial score (nSPS) is 17.2. The Morgan fingerprint density at radius 3 is 2.52 bits per heavy atom. The van der Waals surface area contributed by atoms with Crippen molar-refractivity contribution >= 4 is 28.2 Å². The molecule has 7 heteroatoms. The van der Waals surface area contributed by atoms with Gasteiger partial charge < -0.3 is 5.32 Å². The standard InChI is InChI=1S/C16H22N4O2S/c1-13-7-5-10-16(18-13)20-15-9-4-3-8-14(15)19(23(20,21)22)12-6-11-17-2/h3-5,7-10,17,21-22H,6,11-12H2,1-2H3. The van der Waals surface area contributed by atoms with Gasteiger partial charge >= 0.3 is 0 Å². The van der Waals surface area contributed by atoms with Gasteiger partial charge in [-0.05, 0) is 62.2 Å². The molecule has 1 aromatic carbocycles. The number of hydrogen-bond acceptors (Lipinski definition) is 6. The van der Waals surface area contributed by atoms with E-state index in [-0.39, 0.29) is 0 Å². The molecule has 124 valence electrons. The highest BCUT2D eigenvalue weighted by Gasteiger charge is 2.41. The fraction of sp³-hybridized carbons (Fsp3) is 0.312. The average molecular weight is 334 g/mol. The molecule has 6 nitrogen and oxygen atoms in total. The molecule has 0 saturated heterocycles. The van der Waals surface area contributed by atoms with Gasteiger partial charge in [-0.3, -0.25) is 13.4 Å². The van der Waals surface area contributed by atoms with E-state index in [4.69, 9.17) is 0 Å². The summed E-state index contributed by atoms with van der Waals surface area (Å²) < 4.78 is 25.1. The van der Waals surface area contributed by atoms with Gasteiger partial charge in [0, 0.05) is 12.2 Å². The van der Waals surface area contributed by atoms with Crippen molar-refractivity contribution in [2.45, 2.75) is 13.3 Å². The molecule has 0 amide bonds. The highest BCUT2D eigenvalue weighted by atomic mass is 32.3. The number of rotatable bonds is 5. The van der Waals surface area contributed by atoms with E-state index < -0.39 is 11.0 Å². The first-order chi connectivity index (χ1) is 11.1. The summed E-state index contributed by atoms with van der Waals surface area (Å²) in [4.78, 5) is 4.47. The zero-order valence-corrected chi connectivity index (χ0v) is 14.1. The number of benzene rings is 1. The third kappa shape index (κ3) is 2.88. The van der Waals surface area contributed by atoms with Crippen LogP contribution < -0.4 is 13.9 Å². The Morgan fingerprint density at radius 1 is 1.09 bits per heavy atom. The number of anilines is 3. The first-order valence-electron chi connectivity index (χ1n) is 7.59. The maximum absolute atomic E-state index is 10.9. The van der Waals surface area contributed by atoms with Gasteiger partial charge in [0.1, 0.15) is 0 Å². The molecule has 0 aliphatic carbocycles. The highest BCUT2D eigenvalue weighted by molar-refractivity contribution is 8.27. The molecule has 2 heterocycles. The van der Waals surface area contributed by atoms with Crippen LogP contribution in [-0.4, -0.2) is 34.2 Å². The number of hydrogen-bond donors (Lipinski definition) is 3. The Hall–Kier alpha value is -1.80. The smallest absolute Gasteiger partial charge is 0.153 e. The molecular weight excluding hydrogens is 312 g/mol. The van der Waals surface area contributed by atoms with Crippen molar-refractivity contribution in [1.29, 1.82) is 0 Å². The molecule has 0 fully saturated rings. The minimum absolute atomic E-state index is 0.550. The lowest BCUT2D eigenvalue weighted by molar-refractivity contribution is 0.483. The van der Waals surface area contributed by atoms with Crippen LogP contribution in [0.25, 0.3) is 0 Å². The average Bonchev–Trinajstić information content (AvgIpc) is 2.74. The van der Waals surface area contributed by atoms with Crippen LogP contribution in [0.4, 0.5) is 17.2 Å². The van der Waals surface area contributed by atoms with Gasteiger partial charge in [-0.1, -0.05) is 18.2 Å². The van der Waals surface area contributed by atoms with E-state index >= 15 is 0 Å². The van der Waals surface area contributed by atoms with Crippen LogP contribution in [0.1, 0.15) is 12.1 Å². The van der Waals surface area contributed by atoms with E-state index in [0.29, 0.717) is 12.4 Å². The molecule has 1 aliphatic heterocycles. The second-order valence-corrected chi connectivity index (χ2v) is 7.26. The molecule has 23 heavy (non-hydrogen) atoms. The van der Waals surface area contributed by atoms with Crippen molar-refractivity contribution in [2.75, 3.05) is 28.7 Å². The predicted molar refractivity (Wildman–Crippen MR) is 96.3 cm³/mol. The Kier molecular flexibility index (Phi) is 4.45. The Morgan fingerprint density at radius 2 is 1.83 bits per heavy atom. The minimum Gasteiger partial charge on any atom is -0.320 e. The summed E-state index contributed by atoms with van der Waals surface area (Å²) in [6, 6.07) is 13.2. The van der Waals surface area contributed by atoms with Gasteiger partial charge in [0.15, 0.2) is 5.82 Å². The van der Waals surface area contributed by atoms with Crippen molar-refractivity contribution in [3.8, 4) is 0 Å². The molecule has 3 rings (SSSR count). The maximum Gasteiger partial charge on any atom is 0.153 e. The van der Waals surface area contributed by atoms with Gasteiger partial charge in [-0.15, -0.1) is 0 Å². The maximum atomic E-state index is 10.9. The fourth-order valence-electron chi connectivity index (χ4n) is 2.74. The number of nitrogens with one attached hydrogen (secondary N) is 1. The first-order valence-corrected chi connectivity index (χ1v) is 9.05. The summed E-state index contributed by atoms with van der Waals surface area (Å²) in [6.07, 6.45) is 0.815. The van der Waals surface area contributed by atoms with Crippen LogP contribution in [0.15, 0.2) is 42.5 Å². The molecule has 1 aromatic heterocycles. The summed E-state index contributed by atoms with van der Waals surface area (Å²) in [6.45, 7) is 3.27. The Bertz CT molecular complexity index is 695. The third-order valence-corrected chi connectivity index (χ3v) is 5.62. The Balaban J connectivity index is 2.03. The molecule has 0 atom stereocenters. The van der Waals surface area contributed by atoms with Crippen LogP contribution in [0.2, 0.25) is 0 Å². The SMILES string of the molecule is CNCCCN1c2ccccc2N(c2cccc(C)n2)S1(O)O. The van der Waals surface area contributed by atoms with E-state index in [1.165, 1.54) is 0 Å². The minimum atomic E-state index is -3.16. The van der Waals surface area contributed by atoms with Gasteiger partial charge in [0.25, 0.3) is 0 Å². The number of nitrogens with zero attached hydrogens (tertiary/aromatic N) is 3.